The summed E-state index contributed by atoms with van der Waals surface area (Å²) in [5.74, 6) is -0.932. The van der Waals surface area contributed by atoms with Crippen molar-refractivity contribution < 1.29 is 24.0 Å². The van der Waals surface area contributed by atoms with Gasteiger partial charge in [-0.05, 0) is 23.3 Å². The summed E-state index contributed by atoms with van der Waals surface area (Å²) in [6.07, 6.45) is 0.134. The van der Waals surface area contributed by atoms with E-state index in [2.05, 4.69) is 0 Å². The van der Waals surface area contributed by atoms with E-state index in [1.165, 1.54) is 0 Å². The van der Waals surface area contributed by atoms with Crippen molar-refractivity contribution in [2.24, 2.45) is 0 Å². The maximum atomic E-state index is 11.9. The molecule has 0 bridgehead atoms. The predicted octanol–water partition coefficient (Wildman–Crippen LogP) is 2.42. The van der Waals surface area contributed by atoms with Crippen LogP contribution < -0.4 is 4.74 Å². The highest BCUT2D eigenvalue weighted by molar-refractivity contribution is 6.01. The first-order valence-electron chi connectivity index (χ1n) is 7.94. The Morgan fingerprint density at radius 1 is 0.880 bits per heavy atom. The van der Waals surface area contributed by atoms with Crippen LogP contribution >= 0.6 is 0 Å². The minimum absolute atomic E-state index is 0.0317. The molecular formula is C19H17NO5. The largest absolute Gasteiger partial charge is 0.489 e. The topological polar surface area (TPSA) is 72.9 Å². The molecule has 1 fully saturated rings. The summed E-state index contributed by atoms with van der Waals surface area (Å²) in [4.78, 5) is 39.5. The third-order valence-electron chi connectivity index (χ3n) is 3.72. The van der Waals surface area contributed by atoms with Crippen molar-refractivity contribution in [1.82, 2.24) is 5.06 Å². The third-order valence-corrected chi connectivity index (χ3v) is 3.72. The van der Waals surface area contributed by atoms with Crippen molar-refractivity contribution >= 4 is 17.8 Å². The van der Waals surface area contributed by atoms with Crippen molar-refractivity contribution in [2.75, 3.05) is 0 Å². The van der Waals surface area contributed by atoms with Crippen LogP contribution in [0.2, 0.25) is 0 Å². The standard InChI is InChI=1S/C19H17NO5/c21-17-10-11-18(22)20(17)25-19(23)12-14-6-8-16(9-7-14)24-13-15-4-2-1-3-5-15/h1-9H,10-13H2. The lowest BCUT2D eigenvalue weighted by atomic mass is 10.1. The van der Waals surface area contributed by atoms with Gasteiger partial charge in [-0.3, -0.25) is 9.59 Å². The van der Waals surface area contributed by atoms with Gasteiger partial charge in [-0.15, -0.1) is 5.06 Å². The second-order valence-electron chi connectivity index (χ2n) is 5.64. The van der Waals surface area contributed by atoms with Gasteiger partial charge in [0, 0.05) is 12.8 Å². The van der Waals surface area contributed by atoms with E-state index in [0.717, 1.165) is 5.56 Å². The highest BCUT2D eigenvalue weighted by Crippen LogP contribution is 2.16. The molecule has 0 N–H and O–H groups in total. The Morgan fingerprint density at radius 3 is 2.16 bits per heavy atom. The molecule has 0 aromatic heterocycles. The molecule has 0 atom stereocenters. The molecule has 0 aliphatic carbocycles. The minimum Gasteiger partial charge on any atom is -0.489 e. The quantitative estimate of drug-likeness (QED) is 0.756. The summed E-state index contributed by atoms with van der Waals surface area (Å²) in [6, 6.07) is 16.8. The van der Waals surface area contributed by atoms with E-state index in [-0.39, 0.29) is 19.3 Å². The average molecular weight is 339 g/mol. The molecule has 1 aliphatic heterocycles. The fraction of sp³-hybridized carbons (Fsp3) is 0.211. The second kappa shape index (κ2) is 7.61. The van der Waals surface area contributed by atoms with Crippen molar-refractivity contribution in [1.29, 1.82) is 0 Å². The first kappa shape index (κ1) is 16.7. The predicted molar refractivity (Wildman–Crippen MR) is 88.1 cm³/mol. The number of carbonyl (C=O) groups is 3. The minimum atomic E-state index is -0.651. The molecule has 25 heavy (non-hydrogen) atoms. The van der Waals surface area contributed by atoms with Crippen LogP contribution in [0.15, 0.2) is 54.6 Å². The van der Waals surface area contributed by atoms with Crippen LogP contribution in [0.1, 0.15) is 24.0 Å². The van der Waals surface area contributed by atoms with Gasteiger partial charge in [0.05, 0.1) is 6.42 Å². The van der Waals surface area contributed by atoms with Crippen LogP contribution in [0.3, 0.4) is 0 Å². The van der Waals surface area contributed by atoms with E-state index in [1.807, 2.05) is 30.3 Å². The molecule has 0 unspecified atom stereocenters. The number of amides is 2. The summed E-state index contributed by atoms with van der Waals surface area (Å²) in [5, 5.41) is 0.555. The zero-order valence-corrected chi connectivity index (χ0v) is 13.5. The molecule has 0 radical (unpaired) electrons. The first-order chi connectivity index (χ1) is 12.1. The lowest BCUT2D eigenvalue weighted by molar-refractivity contribution is -0.197. The molecule has 0 saturated carbocycles. The molecule has 2 aromatic rings. The van der Waals surface area contributed by atoms with Gasteiger partial charge in [-0.1, -0.05) is 42.5 Å². The van der Waals surface area contributed by atoms with Crippen molar-refractivity contribution in [3.8, 4) is 5.75 Å². The van der Waals surface area contributed by atoms with Gasteiger partial charge < -0.3 is 9.57 Å². The molecule has 3 rings (SSSR count). The number of carbonyl (C=O) groups excluding carboxylic acids is 3. The second-order valence-corrected chi connectivity index (χ2v) is 5.64. The lowest BCUT2D eigenvalue weighted by Gasteiger charge is -2.12. The summed E-state index contributed by atoms with van der Waals surface area (Å²) < 4.78 is 5.67. The fourth-order valence-electron chi connectivity index (χ4n) is 2.40. The monoisotopic (exact) mass is 339 g/mol. The van der Waals surface area contributed by atoms with Crippen LogP contribution in [0.5, 0.6) is 5.75 Å². The van der Waals surface area contributed by atoms with Crippen LogP contribution in [-0.2, 0) is 32.2 Å². The molecule has 128 valence electrons. The zero-order chi connectivity index (χ0) is 17.6. The number of hydrogen-bond donors (Lipinski definition) is 0. The number of hydroxylamine groups is 2. The Morgan fingerprint density at radius 2 is 1.52 bits per heavy atom. The third kappa shape index (κ3) is 4.44. The van der Waals surface area contributed by atoms with Crippen LogP contribution in [-0.4, -0.2) is 22.8 Å². The van der Waals surface area contributed by atoms with Crippen LogP contribution in [0.25, 0.3) is 0 Å². The summed E-state index contributed by atoms with van der Waals surface area (Å²) in [7, 11) is 0. The van der Waals surface area contributed by atoms with E-state index in [9.17, 15) is 14.4 Å². The van der Waals surface area contributed by atoms with Gasteiger partial charge in [0.25, 0.3) is 11.8 Å². The normalized spacial score (nSPS) is 13.8. The fourth-order valence-corrected chi connectivity index (χ4v) is 2.40. The molecule has 1 heterocycles. The van der Waals surface area contributed by atoms with Crippen molar-refractivity contribution in [3.63, 3.8) is 0 Å². The molecule has 0 spiro atoms. The zero-order valence-electron chi connectivity index (χ0n) is 13.5. The number of ether oxygens (including phenoxy) is 1. The number of hydrogen-bond acceptors (Lipinski definition) is 5. The van der Waals surface area contributed by atoms with E-state index in [0.29, 0.717) is 23.0 Å². The van der Waals surface area contributed by atoms with Crippen molar-refractivity contribution in [3.05, 3.63) is 65.7 Å². The Balaban J connectivity index is 1.51. The molecule has 1 saturated heterocycles. The number of benzene rings is 2. The molecule has 6 heteroatoms. The van der Waals surface area contributed by atoms with Gasteiger partial charge >= 0.3 is 5.97 Å². The van der Waals surface area contributed by atoms with E-state index in [4.69, 9.17) is 9.57 Å². The van der Waals surface area contributed by atoms with E-state index >= 15 is 0 Å². The molecule has 1 aliphatic rings. The highest BCUT2D eigenvalue weighted by Gasteiger charge is 2.32. The Bertz CT molecular complexity index is 754. The summed E-state index contributed by atoms with van der Waals surface area (Å²) >= 11 is 0. The lowest BCUT2D eigenvalue weighted by Crippen LogP contribution is -2.32. The molecule has 2 amide bonds. The Hall–Kier alpha value is -3.15. The number of imide groups is 1. The molecule has 6 nitrogen and oxygen atoms in total. The molecule has 2 aromatic carbocycles. The van der Waals surface area contributed by atoms with Gasteiger partial charge in [0.1, 0.15) is 12.4 Å². The summed E-state index contributed by atoms with van der Waals surface area (Å²) in [6.45, 7) is 0.460. The first-order valence-corrected chi connectivity index (χ1v) is 7.94. The van der Waals surface area contributed by atoms with E-state index < -0.39 is 17.8 Å². The molecular weight excluding hydrogens is 322 g/mol. The summed E-state index contributed by atoms with van der Waals surface area (Å²) in [5.41, 5.74) is 1.77. The van der Waals surface area contributed by atoms with Crippen LogP contribution in [0, 0.1) is 0 Å². The van der Waals surface area contributed by atoms with Gasteiger partial charge in [-0.25, -0.2) is 4.79 Å². The highest BCUT2D eigenvalue weighted by atomic mass is 16.7. The van der Waals surface area contributed by atoms with Gasteiger partial charge in [-0.2, -0.15) is 0 Å². The van der Waals surface area contributed by atoms with Crippen molar-refractivity contribution in [2.45, 2.75) is 25.9 Å². The number of nitrogens with zero attached hydrogens (tertiary/aromatic N) is 1. The number of rotatable bonds is 6. The Labute approximate surface area is 144 Å². The van der Waals surface area contributed by atoms with Gasteiger partial charge in [0.15, 0.2) is 0 Å². The van der Waals surface area contributed by atoms with Crippen LogP contribution in [0.4, 0.5) is 0 Å². The Kier molecular flexibility index (Phi) is 5.09. The maximum absolute atomic E-state index is 11.9. The smallest absolute Gasteiger partial charge is 0.337 e. The maximum Gasteiger partial charge on any atom is 0.337 e. The SMILES string of the molecule is O=C(Cc1ccc(OCc2ccccc2)cc1)ON1C(=O)CCC1=O. The van der Waals surface area contributed by atoms with Gasteiger partial charge in [0.2, 0.25) is 0 Å². The van der Waals surface area contributed by atoms with E-state index in [1.54, 1.807) is 24.3 Å². The average Bonchev–Trinajstić information content (AvgIpc) is 2.94.